The molecule has 1 fully saturated rings. The molecular formula is C7H15NO. The van der Waals surface area contributed by atoms with E-state index in [9.17, 15) is 0 Å². The Morgan fingerprint density at radius 2 is 2.00 bits per heavy atom. The highest BCUT2D eigenvalue weighted by Gasteiger charge is 2.30. The fourth-order valence-corrected chi connectivity index (χ4v) is 1.54. The molecule has 1 aliphatic rings. The molecule has 0 aromatic heterocycles. The minimum atomic E-state index is 0.0833. The van der Waals surface area contributed by atoms with Crippen LogP contribution < -0.4 is 5.32 Å². The Balaban J connectivity index is 2.45. The SMILES string of the molecule is CNC1(CO)CCCC1. The van der Waals surface area contributed by atoms with Crippen molar-refractivity contribution in [1.29, 1.82) is 0 Å². The molecule has 0 aliphatic heterocycles. The predicted molar refractivity (Wildman–Crippen MR) is 37.3 cm³/mol. The number of aliphatic hydroxyl groups is 1. The van der Waals surface area contributed by atoms with Crippen LogP contribution in [0.3, 0.4) is 0 Å². The molecule has 1 saturated carbocycles. The number of rotatable bonds is 2. The van der Waals surface area contributed by atoms with Crippen LogP contribution in [0.2, 0.25) is 0 Å². The molecular weight excluding hydrogens is 114 g/mol. The van der Waals surface area contributed by atoms with Gasteiger partial charge in [-0.2, -0.15) is 0 Å². The largest absolute Gasteiger partial charge is 0.394 e. The highest BCUT2D eigenvalue weighted by Crippen LogP contribution is 2.28. The maximum Gasteiger partial charge on any atom is 0.0613 e. The van der Waals surface area contributed by atoms with Gasteiger partial charge in [-0.05, 0) is 19.9 Å². The molecule has 0 atom stereocenters. The lowest BCUT2D eigenvalue weighted by atomic mass is 10.00. The fraction of sp³-hybridized carbons (Fsp3) is 1.00. The third kappa shape index (κ3) is 1.25. The molecule has 1 aliphatic carbocycles. The summed E-state index contributed by atoms with van der Waals surface area (Å²) >= 11 is 0. The molecule has 0 saturated heterocycles. The van der Waals surface area contributed by atoms with Gasteiger partial charge in [-0.3, -0.25) is 0 Å². The van der Waals surface area contributed by atoms with Gasteiger partial charge in [-0.1, -0.05) is 12.8 Å². The van der Waals surface area contributed by atoms with E-state index >= 15 is 0 Å². The van der Waals surface area contributed by atoms with Gasteiger partial charge in [-0.25, -0.2) is 0 Å². The highest BCUT2D eigenvalue weighted by molar-refractivity contribution is 4.90. The quantitative estimate of drug-likeness (QED) is 0.569. The molecule has 0 radical (unpaired) electrons. The zero-order chi connectivity index (χ0) is 6.74. The Labute approximate surface area is 56.3 Å². The van der Waals surface area contributed by atoms with Crippen molar-refractivity contribution in [3.63, 3.8) is 0 Å². The summed E-state index contributed by atoms with van der Waals surface area (Å²) in [6.07, 6.45) is 4.81. The van der Waals surface area contributed by atoms with Crippen molar-refractivity contribution in [3.8, 4) is 0 Å². The van der Waals surface area contributed by atoms with E-state index in [4.69, 9.17) is 5.11 Å². The van der Waals surface area contributed by atoms with Gasteiger partial charge in [-0.15, -0.1) is 0 Å². The lowest BCUT2D eigenvalue weighted by molar-refractivity contribution is 0.173. The van der Waals surface area contributed by atoms with Crippen LogP contribution in [-0.2, 0) is 0 Å². The first-order valence-corrected chi connectivity index (χ1v) is 3.63. The van der Waals surface area contributed by atoms with Crippen molar-refractivity contribution >= 4 is 0 Å². The molecule has 0 unspecified atom stereocenters. The van der Waals surface area contributed by atoms with Gasteiger partial charge in [0.05, 0.1) is 6.61 Å². The van der Waals surface area contributed by atoms with Crippen molar-refractivity contribution in [1.82, 2.24) is 5.32 Å². The van der Waals surface area contributed by atoms with Gasteiger partial charge < -0.3 is 10.4 Å². The number of hydrogen-bond acceptors (Lipinski definition) is 2. The molecule has 1 rings (SSSR count). The molecule has 2 heteroatoms. The van der Waals surface area contributed by atoms with Crippen LogP contribution in [0, 0.1) is 0 Å². The van der Waals surface area contributed by atoms with Crippen molar-refractivity contribution in [2.24, 2.45) is 0 Å². The number of likely N-dealkylation sites (N-methyl/N-ethyl adjacent to an activating group) is 1. The smallest absolute Gasteiger partial charge is 0.0613 e. The number of aliphatic hydroxyl groups excluding tert-OH is 1. The van der Waals surface area contributed by atoms with Gasteiger partial charge >= 0.3 is 0 Å². The summed E-state index contributed by atoms with van der Waals surface area (Å²) in [5, 5.41) is 12.1. The topological polar surface area (TPSA) is 32.3 Å². The number of hydrogen-bond donors (Lipinski definition) is 2. The van der Waals surface area contributed by atoms with Crippen molar-refractivity contribution < 1.29 is 5.11 Å². The van der Waals surface area contributed by atoms with E-state index in [2.05, 4.69) is 5.32 Å². The number of nitrogens with one attached hydrogen (secondary N) is 1. The van der Waals surface area contributed by atoms with Gasteiger partial charge in [0.25, 0.3) is 0 Å². The summed E-state index contributed by atoms with van der Waals surface area (Å²) in [6, 6.07) is 0. The normalized spacial score (nSPS) is 24.7. The first-order chi connectivity index (χ1) is 4.33. The van der Waals surface area contributed by atoms with Crippen LogP contribution in [0.15, 0.2) is 0 Å². The van der Waals surface area contributed by atoms with Crippen LogP contribution in [0.5, 0.6) is 0 Å². The van der Waals surface area contributed by atoms with Gasteiger partial charge in [0.2, 0.25) is 0 Å². The fourth-order valence-electron chi connectivity index (χ4n) is 1.54. The third-order valence-electron chi connectivity index (χ3n) is 2.39. The Hall–Kier alpha value is -0.0800. The first kappa shape index (κ1) is 7.03. The zero-order valence-corrected chi connectivity index (χ0v) is 5.98. The second-order valence-electron chi connectivity index (χ2n) is 2.90. The average molecular weight is 129 g/mol. The van der Waals surface area contributed by atoms with Crippen LogP contribution in [0.25, 0.3) is 0 Å². The molecule has 0 amide bonds. The summed E-state index contributed by atoms with van der Waals surface area (Å²) < 4.78 is 0. The minimum absolute atomic E-state index is 0.0833. The Morgan fingerprint density at radius 3 is 2.22 bits per heavy atom. The van der Waals surface area contributed by atoms with Crippen molar-refractivity contribution in [2.75, 3.05) is 13.7 Å². The molecule has 2 nitrogen and oxygen atoms in total. The summed E-state index contributed by atoms with van der Waals surface area (Å²) in [7, 11) is 1.93. The Kier molecular flexibility index (Phi) is 2.09. The summed E-state index contributed by atoms with van der Waals surface area (Å²) in [5.41, 5.74) is 0.0833. The van der Waals surface area contributed by atoms with Gasteiger partial charge in [0.15, 0.2) is 0 Å². The van der Waals surface area contributed by atoms with Crippen LogP contribution in [0.1, 0.15) is 25.7 Å². The lowest BCUT2D eigenvalue weighted by Gasteiger charge is -2.25. The lowest BCUT2D eigenvalue weighted by Crippen LogP contribution is -2.43. The minimum Gasteiger partial charge on any atom is -0.394 e. The molecule has 0 bridgehead atoms. The molecule has 9 heavy (non-hydrogen) atoms. The first-order valence-electron chi connectivity index (χ1n) is 3.63. The van der Waals surface area contributed by atoms with E-state index in [-0.39, 0.29) is 5.54 Å². The van der Waals surface area contributed by atoms with Crippen LogP contribution in [0.4, 0.5) is 0 Å². The molecule has 2 N–H and O–H groups in total. The Morgan fingerprint density at radius 1 is 1.44 bits per heavy atom. The molecule has 0 aromatic rings. The molecule has 0 aromatic carbocycles. The van der Waals surface area contributed by atoms with E-state index in [1.54, 1.807) is 0 Å². The molecule has 0 spiro atoms. The van der Waals surface area contributed by atoms with E-state index in [0.29, 0.717) is 6.61 Å². The third-order valence-corrected chi connectivity index (χ3v) is 2.39. The van der Waals surface area contributed by atoms with Crippen LogP contribution in [-0.4, -0.2) is 24.3 Å². The Bertz CT molecular complexity index is 80.9. The van der Waals surface area contributed by atoms with E-state index in [1.165, 1.54) is 12.8 Å². The molecule has 54 valence electrons. The van der Waals surface area contributed by atoms with E-state index in [1.807, 2.05) is 7.05 Å². The average Bonchev–Trinajstić information content (AvgIpc) is 2.36. The van der Waals surface area contributed by atoms with E-state index in [0.717, 1.165) is 12.8 Å². The second-order valence-corrected chi connectivity index (χ2v) is 2.90. The molecule has 0 heterocycles. The maximum atomic E-state index is 8.95. The summed E-state index contributed by atoms with van der Waals surface area (Å²) in [4.78, 5) is 0. The predicted octanol–water partition coefficient (Wildman–Crippen LogP) is 0.511. The standard InChI is InChI=1S/C7H15NO/c1-8-7(6-9)4-2-3-5-7/h8-9H,2-6H2,1H3. The van der Waals surface area contributed by atoms with Crippen LogP contribution >= 0.6 is 0 Å². The van der Waals surface area contributed by atoms with Crippen molar-refractivity contribution in [2.45, 2.75) is 31.2 Å². The summed E-state index contributed by atoms with van der Waals surface area (Å²) in [5.74, 6) is 0. The highest BCUT2D eigenvalue weighted by atomic mass is 16.3. The van der Waals surface area contributed by atoms with Gasteiger partial charge in [0, 0.05) is 5.54 Å². The van der Waals surface area contributed by atoms with E-state index < -0.39 is 0 Å². The van der Waals surface area contributed by atoms with Crippen molar-refractivity contribution in [3.05, 3.63) is 0 Å². The monoisotopic (exact) mass is 129 g/mol. The zero-order valence-electron chi connectivity index (χ0n) is 5.98. The maximum absolute atomic E-state index is 8.95. The summed E-state index contributed by atoms with van der Waals surface area (Å²) in [6.45, 7) is 0.295. The second kappa shape index (κ2) is 2.67. The van der Waals surface area contributed by atoms with Gasteiger partial charge in [0.1, 0.15) is 0 Å².